The van der Waals surface area contributed by atoms with E-state index >= 15 is 0 Å². The Balaban J connectivity index is 1.64. The van der Waals surface area contributed by atoms with Gasteiger partial charge in [-0.25, -0.2) is 0 Å². The van der Waals surface area contributed by atoms with E-state index in [4.69, 9.17) is 27.9 Å². The summed E-state index contributed by atoms with van der Waals surface area (Å²) in [6, 6.07) is 19.4. The van der Waals surface area contributed by atoms with Crippen LogP contribution in [0.2, 0.25) is 10.0 Å². The second kappa shape index (κ2) is 8.72. The predicted molar refractivity (Wildman–Crippen MR) is 128 cm³/mol. The van der Waals surface area contributed by atoms with E-state index in [2.05, 4.69) is 0 Å². The average molecular weight is 509 g/mol. The maximum Gasteiger partial charge on any atom is 0.311 e. The van der Waals surface area contributed by atoms with Crippen molar-refractivity contribution in [2.24, 2.45) is 11.8 Å². The molecule has 8 heteroatoms. The molecule has 0 saturated carbocycles. The number of hydrogen-bond donors (Lipinski definition) is 1. The molecule has 2 aliphatic rings. The van der Waals surface area contributed by atoms with Crippen LogP contribution in [0.4, 0.5) is 0 Å². The Kier molecular flexibility index (Phi) is 5.83. The minimum absolute atomic E-state index is 0.0909. The molecule has 1 fully saturated rings. The van der Waals surface area contributed by atoms with Crippen LogP contribution in [0.1, 0.15) is 37.9 Å². The van der Waals surface area contributed by atoms with Gasteiger partial charge in [-0.3, -0.25) is 19.2 Å². The highest BCUT2D eigenvalue weighted by Crippen LogP contribution is 2.54. The van der Waals surface area contributed by atoms with E-state index < -0.39 is 46.9 Å². The SMILES string of the molecule is O=C(Cc1ccc(Cl)c(Cl)c1)[C@H]1[C@@H](C(=O)O)C2(O[C@H]1c1ccccc1)C(=O)c1ccccc1C2=O. The number of fused-ring (bicyclic) bond motifs is 1. The molecule has 35 heavy (non-hydrogen) atoms. The number of aliphatic carboxylic acids is 1. The summed E-state index contributed by atoms with van der Waals surface area (Å²) in [4.78, 5) is 53.5. The lowest BCUT2D eigenvalue weighted by Crippen LogP contribution is -2.51. The molecule has 1 saturated heterocycles. The van der Waals surface area contributed by atoms with E-state index in [1.807, 2.05) is 0 Å². The van der Waals surface area contributed by atoms with Crippen LogP contribution >= 0.6 is 23.2 Å². The van der Waals surface area contributed by atoms with Crippen molar-refractivity contribution in [1.82, 2.24) is 0 Å². The molecule has 0 amide bonds. The molecule has 1 N–H and O–H groups in total. The van der Waals surface area contributed by atoms with E-state index in [0.29, 0.717) is 16.1 Å². The Labute approximate surface area is 210 Å². The third-order valence-electron chi connectivity index (χ3n) is 6.66. The number of carbonyl (C=O) groups is 4. The van der Waals surface area contributed by atoms with Crippen LogP contribution in [-0.4, -0.2) is 34.0 Å². The minimum Gasteiger partial charge on any atom is -0.481 e. The zero-order chi connectivity index (χ0) is 24.9. The first-order valence-electron chi connectivity index (χ1n) is 10.9. The first-order chi connectivity index (χ1) is 16.8. The van der Waals surface area contributed by atoms with E-state index in [9.17, 15) is 24.3 Å². The second-order valence-electron chi connectivity index (χ2n) is 8.62. The van der Waals surface area contributed by atoms with Crippen LogP contribution in [0.5, 0.6) is 0 Å². The first kappa shape index (κ1) is 23.4. The second-order valence-corrected chi connectivity index (χ2v) is 9.44. The summed E-state index contributed by atoms with van der Waals surface area (Å²) < 4.78 is 6.14. The molecule has 176 valence electrons. The number of hydrogen-bond acceptors (Lipinski definition) is 5. The standard InChI is InChI=1S/C27H18Cl2O6/c28-18-11-10-14(12-19(18)29)13-20(30)21-22(26(33)34)27(35-23(21)15-6-2-1-3-7-15)24(31)16-8-4-5-9-17(16)25(27)32/h1-12,21-23H,13H2,(H,33,34)/t21-,22-,23-/m0/s1. The molecule has 0 bridgehead atoms. The van der Waals surface area contributed by atoms with E-state index in [0.717, 1.165) is 0 Å². The number of carboxylic acid groups (broad SMARTS) is 1. The smallest absolute Gasteiger partial charge is 0.311 e. The Morgan fingerprint density at radius 1 is 0.857 bits per heavy atom. The van der Waals surface area contributed by atoms with Gasteiger partial charge in [-0.2, -0.15) is 0 Å². The minimum atomic E-state index is -2.33. The van der Waals surface area contributed by atoms with Gasteiger partial charge in [0.2, 0.25) is 17.2 Å². The van der Waals surface area contributed by atoms with E-state index in [1.165, 1.54) is 18.2 Å². The van der Waals surface area contributed by atoms with Crippen molar-refractivity contribution >= 4 is 46.5 Å². The van der Waals surface area contributed by atoms with Crippen LogP contribution in [-0.2, 0) is 20.7 Å². The summed E-state index contributed by atoms with van der Waals surface area (Å²) in [5, 5.41) is 10.9. The number of halogens is 2. The van der Waals surface area contributed by atoms with Gasteiger partial charge in [-0.15, -0.1) is 0 Å². The maximum absolute atomic E-state index is 13.7. The normalized spacial score (nSPS) is 22.4. The third-order valence-corrected chi connectivity index (χ3v) is 7.39. The van der Waals surface area contributed by atoms with Crippen molar-refractivity contribution in [3.05, 3.63) is 105 Å². The highest BCUT2D eigenvalue weighted by atomic mass is 35.5. The molecule has 1 aliphatic carbocycles. The summed E-state index contributed by atoms with van der Waals surface area (Å²) in [5.41, 5.74) is -1.12. The van der Waals surface area contributed by atoms with Crippen LogP contribution in [0.25, 0.3) is 0 Å². The predicted octanol–water partition coefficient (Wildman–Crippen LogP) is 5.01. The number of benzene rings is 3. The molecule has 1 heterocycles. The summed E-state index contributed by atoms with van der Waals surface area (Å²) in [7, 11) is 0. The molecule has 1 aliphatic heterocycles. The lowest BCUT2D eigenvalue weighted by molar-refractivity contribution is -0.147. The Hall–Kier alpha value is -3.32. The van der Waals surface area contributed by atoms with Crippen molar-refractivity contribution in [2.75, 3.05) is 0 Å². The number of Topliss-reactive ketones (excluding diaryl/α,β-unsaturated/α-hetero) is 3. The lowest BCUT2D eigenvalue weighted by atomic mass is 9.73. The fourth-order valence-corrected chi connectivity index (χ4v) is 5.44. The summed E-state index contributed by atoms with van der Waals surface area (Å²) in [6.07, 6.45) is -1.29. The monoisotopic (exact) mass is 508 g/mol. The number of carbonyl (C=O) groups excluding carboxylic acids is 3. The lowest BCUT2D eigenvalue weighted by Gasteiger charge is -2.25. The van der Waals surface area contributed by atoms with Crippen LogP contribution in [0, 0.1) is 11.8 Å². The van der Waals surface area contributed by atoms with Crippen molar-refractivity contribution in [3.63, 3.8) is 0 Å². The van der Waals surface area contributed by atoms with Gasteiger partial charge in [-0.05, 0) is 23.3 Å². The summed E-state index contributed by atoms with van der Waals surface area (Å²) >= 11 is 12.1. The molecule has 3 aromatic rings. The Morgan fingerprint density at radius 2 is 1.46 bits per heavy atom. The molecule has 3 atom stereocenters. The van der Waals surface area contributed by atoms with Gasteiger partial charge in [0.1, 0.15) is 11.7 Å². The van der Waals surface area contributed by atoms with Gasteiger partial charge in [0.15, 0.2) is 0 Å². The molecular weight excluding hydrogens is 491 g/mol. The van der Waals surface area contributed by atoms with Gasteiger partial charge in [-0.1, -0.05) is 83.9 Å². The average Bonchev–Trinajstić information content (AvgIpc) is 3.32. The molecule has 0 unspecified atom stereocenters. The highest BCUT2D eigenvalue weighted by molar-refractivity contribution is 6.42. The van der Waals surface area contributed by atoms with Crippen molar-refractivity contribution in [1.29, 1.82) is 0 Å². The molecule has 1 spiro atoms. The quantitative estimate of drug-likeness (QED) is 0.486. The number of ketones is 3. The van der Waals surface area contributed by atoms with Crippen molar-refractivity contribution in [3.8, 4) is 0 Å². The highest BCUT2D eigenvalue weighted by Gasteiger charge is 2.70. The molecule has 5 rings (SSSR count). The summed E-state index contributed by atoms with van der Waals surface area (Å²) in [6.45, 7) is 0. The van der Waals surface area contributed by atoms with Crippen LogP contribution < -0.4 is 0 Å². The van der Waals surface area contributed by atoms with E-state index in [-0.39, 0.29) is 22.6 Å². The zero-order valence-electron chi connectivity index (χ0n) is 18.1. The topological polar surface area (TPSA) is 97.7 Å². The number of ether oxygens (including phenoxy) is 1. The fourth-order valence-electron chi connectivity index (χ4n) is 5.12. The van der Waals surface area contributed by atoms with Crippen molar-refractivity contribution < 1.29 is 29.0 Å². The zero-order valence-corrected chi connectivity index (χ0v) is 19.6. The largest absolute Gasteiger partial charge is 0.481 e. The van der Waals surface area contributed by atoms with Gasteiger partial charge in [0, 0.05) is 17.5 Å². The third kappa shape index (κ3) is 3.60. The summed E-state index contributed by atoms with van der Waals surface area (Å²) in [5.74, 6) is -6.43. The molecule has 0 aromatic heterocycles. The number of rotatable bonds is 5. The maximum atomic E-state index is 13.7. The van der Waals surface area contributed by atoms with Gasteiger partial charge in [0.05, 0.1) is 22.1 Å². The van der Waals surface area contributed by atoms with E-state index in [1.54, 1.807) is 54.6 Å². The molecule has 3 aromatic carbocycles. The Bertz CT molecular complexity index is 1350. The van der Waals surface area contributed by atoms with Gasteiger partial charge >= 0.3 is 5.97 Å². The van der Waals surface area contributed by atoms with Crippen LogP contribution in [0.3, 0.4) is 0 Å². The number of carboxylic acids is 1. The molecule has 0 radical (unpaired) electrons. The van der Waals surface area contributed by atoms with Crippen molar-refractivity contribution in [2.45, 2.75) is 18.1 Å². The van der Waals surface area contributed by atoms with Crippen LogP contribution in [0.15, 0.2) is 72.8 Å². The molecule has 6 nitrogen and oxygen atoms in total. The Morgan fingerprint density at radius 3 is 2.03 bits per heavy atom. The van der Waals surface area contributed by atoms with Gasteiger partial charge < -0.3 is 9.84 Å². The fraction of sp³-hybridized carbons (Fsp3) is 0.185. The first-order valence-corrected chi connectivity index (χ1v) is 11.6. The molecular formula is C27H18Cl2O6. The van der Waals surface area contributed by atoms with Gasteiger partial charge in [0.25, 0.3) is 0 Å².